The highest BCUT2D eigenvalue weighted by molar-refractivity contribution is 6.08. The number of guanidine groups is 18. The predicted molar refractivity (Wildman–Crippen MR) is 621 cm³/mol. The van der Waals surface area contributed by atoms with Gasteiger partial charge in [0.1, 0.15) is 55.5 Å². The molecule has 0 saturated carbocycles. The second kappa shape index (κ2) is 63.9. The minimum atomic E-state index is -0.141. The molecule has 45 nitrogen and oxygen atoms in total. The maximum Gasteiger partial charge on any atom is 0.207 e. The van der Waals surface area contributed by atoms with Crippen molar-refractivity contribution in [1.82, 2.24) is 101 Å². The van der Waals surface area contributed by atoms with Crippen LogP contribution < -0.4 is 81.4 Å². The van der Waals surface area contributed by atoms with Gasteiger partial charge in [0.05, 0.1) is 6.54 Å². The molecule has 0 bridgehead atoms. The number of anilines is 2. The molecule has 0 saturated heterocycles. The van der Waals surface area contributed by atoms with Crippen molar-refractivity contribution in [3.05, 3.63) is 168 Å². The zero-order chi connectivity index (χ0) is 109. The first-order chi connectivity index (χ1) is 70.5. The summed E-state index contributed by atoms with van der Waals surface area (Å²) in [5.74, 6) is 13.3. The number of nitrogens with zero attached hydrogens (tertiary/aromatic N) is 31. The average molecular weight is 2040 g/mol. The Bertz CT molecular complexity index is 5370. The monoisotopic (exact) mass is 2040 g/mol. The van der Waals surface area contributed by atoms with Crippen LogP contribution in [0.2, 0.25) is 0 Å². The molecule has 5 aromatic rings. The van der Waals surface area contributed by atoms with Gasteiger partial charge in [0.2, 0.25) is 59.6 Å². The summed E-state index contributed by atoms with van der Waals surface area (Å²) in [5.41, 5.74) is 33.9. The third kappa shape index (κ3) is 43.6. The molecule has 19 N–H and O–H groups in total. The molecule has 5 aromatic carbocycles. The number of nitrogens with one attached hydrogen (secondary N) is 9. The SMILES string of the molecule is CC1N=C(N)NC(=NCCCc2ccccc2)N1.CC1N=C(N)NC(=NCCc2ccccc2)N1.CC1N=C(N)NC(=NCc2ccccc2)N1.CC1N=C(N)NC(N(C)c2ccccc2)=N1.CC1N=C(N)NC(Nc2ccccc2)=N1.CCCCCN(C)C1=NC(C)N=C(N(C)C)N1C.CCCCN(C)C1=NC(C)N=C(N(C)C)N1C.CCCN(C)C1=NC(C)N=C(N(C)C)N1C.CCN(C)C1=NC(C)N=C(N(C)C)N1C. The van der Waals surface area contributed by atoms with Crippen LogP contribution in [-0.4, -0.2) is 381 Å². The van der Waals surface area contributed by atoms with Crippen molar-refractivity contribution < 1.29 is 0 Å². The molecule has 45 heteroatoms. The molecule has 0 aromatic heterocycles. The highest BCUT2D eigenvalue weighted by Crippen LogP contribution is 2.19. The number of hydrogen-bond acceptors (Lipinski definition) is 39. The molecule has 0 fully saturated rings. The fraction of sp³-hybridized carbons (Fsp3) is 0.534. The van der Waals surface area contributed by atoms with E-state index in [1.165, 1.54) is 43.2 Å². The lowest BCUT2D eigenvalue weighted by molar-refractivity contribution is 0.399. The van der Waals surface area contributed by atoms with Gasteiger partial charge in [0, 0.05) is 170 Å². The van der Waals surface area contributed by atoms with E-state index in [1.54, 1.807) is 0 Å². The Morgan fingerprint density at radius 1 is 0.304 bits per heavy atom. The van der Waals surface area contributed by atoms with Gasteiger partial charge < -0.3 is 94.0 Å². The van der Waals surface area contributed by atoms with Crippen LogP contribution in [0.15, 0.2) is 242 Å². The van der Waals surface area contributed by atoms with Crippen molar-refractivity contribution in [2.24, 2.45) is 119 Å². The zero-order valence-electron chi connectivity index (χ0n) is 93.7. The number of rotatable bonds is 21. The fourth-order valence-electron chi connectivity index (χ4n) is 15.2. The van der Waals surface area contributed by atoms with Crippen molar-refractivity contribution in [2.45, 2.75) is 210 Å². The average Bonchev–Trinajstić information content (AvgIpc) is 0.824. The third-order valence-electron chi connectivity index (χ3n) is 22.3. The fourth-order valence-corrected chi connectivity index (χ4v) is 15.2. The molecule has 812 valence electrons. The van der Waals surface area contributed by atoms with Gasteiger partial charge >= 0.3 is 0 Å². The summed E-state index contributed by atoms with van der Waals surface area (Å²) in [6, 6.07) is 50.5. The van der Waals surface area contributed by atoms with E-state index in [1.807, 2.05) is 311 Å². The van der Waals surface area contributed by atoms with Crippen LogP contribution in [0.5, 0.6) is 0 Å². The molecule has 9 aliphatic heterocycles. The normalized spacial score (nSPS) is 20.5. The number of unbranched alkanes of at least 4 members (excludes halogenated alkanes) is 3. The van der Waals surface area contributed by atoms with Crippen LogP contribution in [0.1, 0.15) is 152 Å². The lowest BCUT2D eigenvalue weighted by Gasteiger charge is -2.35. The summed E-state index contributed by atoms with van der Waals surface area (Å²) in [4.78, 5) is 106. The molecule has 9 heterocycles. The Morgan fingerprint density at radius 2 is 0.628 bits per heavy atom. The molecule has 9 aliphatic rings. The van der Waals surface area contributed by atoms with Crippen LogP contribution >= 0.6 is 0 Å². The largest absolute Gasteiger partial charge is 0.370 e. The summed E-state index contributed by atoms with van der Waals surface area (Å²) in [6.45, 7) is 32.5. The minimum absolute atomic E-state index is 0.00206. The van der Waals surface area contributed by atoms with Gasteiger partial charge in [-0.05, 0) is 149 Å². The topological polar surface area (TPSA) is 503 Å². The van der Waals surface area contributed by atoms with Crippen LogP contribution in [0.25, 0.3) is 0 Å². The van der Waals surface area contributed by atoms with Gasteiger partial charge in [-0.2, -0.15) is 0 Å². The number of aliphatic imine (C=N–C) groups is 18. The molecule has 9 unspecified atom stereocenters. The van der Waals surface area contributed by atoms with E-state index in [-0.39, 0.29) is 55.5 Å². The molecule has 0 amide bonds. The van der Waals surface area contributed by atoms with Gasteiger partial charge in [-0.1, -0.05) is 167 Å². The first kappa shape index (κ1) is 121. The third-order valence-corrected chi connectivity index (χ3v) is 22.3. The van der Waals surface area contributed by atoms with E-state index in [9.17, 15) is 0 Å². The van der Waals surface area contributed by atoms with Crippen molar-refractivity contribution >= 4 is 119 Å². The number of para-hydroxylation sites is 2. The molecular formula is C103H175N45. The second-order valence-corrected chi connectivity index (χ2v) is 36.8. The Hall–Kier alpha value is -15.2. The van der Waals surface area contributed by atoms with Crippen LogP contribution in [0.3, 0.4) is 0 Å². The van der Waals surface area contributed by atoms with Crippen molar-refractivity contribution in [3.8, 4) is 0 Å². The van der Waals surface area contributed by atoms with Crippen LogP contribution in [0, 0.1) is 0 Å². The number of aryl methyl sites for hydroxylation is 1. The van der Waals surface area contributed by atoms with Gasteiger partial charge in [-0.15, -0.1) is 0 Å². The molecular weight excluding hydrogens is 1870 g/mol. The summed E-state index contributed by atoms with van der Waals surface area (Å²) in [6.07, 6.45) is 9.87. The lowest BCUT2D eigenvalue weighted by atomic mass is 10.1. The second-order valence-electron chi connectivity index (χ2n) is 36.8. The molecule has 148 heavy (non-hydrogen) atoms. The van der Waals surface area contributed by atoms with E-state index in [2.05, 4.69) is 252 Å². The van der Waals surface area contributed by atoms with E-state index >= 15 is 0 Å². The maximum atomic E-state index is 5.66. The zero-order valence-corrected chi connectivity index (χ0v) is 93.7. The van der Waals surface area contributed by atoms with E-state index in [0.29, 0.717) is 66.1 Å². The molecule has 14 rings (SSSR count). The molecule has 9 atom stereocenters. The Morgan fingerprint density at radius 3 is 1.00 bits per heavy atom. The van der Waals surface area contributed by atoms with Gasteiger partial charge in [0.25, 0.3) is 0 Å². The Kier molecular flexibility index (Phi) is 52.4. The quantitative estimate of drug-likeness (QED) is 0.0316. The van der Waals surface area contributed by atoms with E-state index < -0.39 is 0 Å². The van der Waals surface area contributed by atoms with Crippen LogP contribution in [0.4, 0.5) is 11.4 Å². The summed E-state index contributed by atoms with van der Waals surface area (Å²) in [7, 11) is 34.4. The maximum absolute atomic E-state index is 5.66. The Labute approximate surface area is 881 Å². The standard InChI is InChI=1S/C13H19N5.C13H27N5.C12H17N5.C12H25N5.2C11H15N5.C11H23N5.C10H13N5.C10H21N5/c1-10-16-12(14)18-13(17-10)15-9-5-8-11-6-3-2-4-7-11;1-7-8-9-10-17(5)13-15-11(2)14-12(16(3)4)18(13)6;1-9-15-11(13)17-12(16-9)14-8-7-10-5-3-2-4-6-10;1-7-8-9-16(5)12-14-10(2)13-11(15(3)4)17(12)6;1-8-13-10(12)15-11(14-8)16(2)9-6-4-3-5-7-9;1-8-14-10(12)16-11(15-8)13-7-9-5-3-2-4-6-9;1-7-8-15(5)11-13-9(2)12-10(14(3)4)16(11)6;1-7-12-9(11)15-10(13-7)14-8-5-3-2-4-6-8;1-7-14(5)10-12-8(2)11-9(13(3)4)15(10)6/h2-4,6-7,10H,5,8-9H2,1H3,(H4,14,15,16,17,18);11H,7-10H2,1-6H3;2-6,9H,7-8H2,1H3,(H4,13,14,15,16,17);10H,7-9H2,1-6H3;3-8H,1-2H3,(H3,12,13,14,15);2-6,8H,7H2,1H3,(H4,12,13,14,15,16);9H,7-8H2,1-6H3;2-7H,1H3,(H4,11,12,13,14,15);8H,7H2,1-6H3. The van der Waals surface area contributed by atoms with E-state index in [4.69, 9.17) is 28.7 Å². The molecule has 0 aliphatic carbocycles. The summed E-state index contributed by atoms with van der Waals surface area (Å²) in [5, 5.41) is 26.9. The lowest BCUT2D eigenvalue weighted by Crippen LogP contribution is -2.52. The van der Waals surface area contributed by atoms with E-state index in [0.717, 1.165) is 130 Å². The molecule has 0 radical (unpaired) electrons. The van der Waals surface area contributed by atoms with Crippen molar-refractivity contribution in [2.75, 3.05) is 169 Å². The Balaban J connectivity index is 0.000000254. The number of benzene rings is 5. The van der Waals surface area contributed by atoms with Gasteiger partial charge in [-0.25, -0.2) is 79.9 Å². The van der Waals surface area contributed by atoms with Crippen molar-refractivity contribution in [3.63, 3.8) is 0 Å². The smallest absolute Gasteiger partial charge is 0.207 e. The first-order valence-electron chi connectivity index (χ1n) is 50.9. The molecule has 0 spiro atoms. The predicted octanol–water partition coefficient (Wildman–Crippen LogP) is 7.48. The highest BCUT2D eigenvalue weighted by Gasteiger charge is 2.29. The number of nitrogens with two attached hydrogens (primary N) is 5. The minimum Gasteiger partial charge on any atom is -0.370 e. The summed E-state index contributed by atoms with van der Waals surface area (Å²) >= 11 is 0. The first-order valence-corrected chi connectivity index (χ1v) is 50.9. The van der Waals surface area contributed by atoms with Crippen LogP contribution in [-0.2, 0) is 19.4 Å². The highest BCUT2D eigenvalue weighted by atomic mass is 15.5. The van der Waals surface area contributed by atoms with Gasteiger partial charge in [-0.3, -0.25) is 56.2 Å². The number of hydrogen-bond donors (Lipinski definition) is 14. The van der Waals surface area contributed by atoms with Crippen molar-refractivity contribution in [1.29, 1.82) is 0 Å². The van der Waals surface area contributed by atoms with Gasteiger partial charge in [0.15, 0.2) is 47.7 Å². The summed E-state index contributed by atoms with van der Waals surface area (Å²) < 4.78 is 0.